The number of nitrogens with zero attached hydrogens (tertiary/aromatic N) is 3. The Morgan fingerprint density at radius 3 is 2.33 bits per heavy atom. The van der Waals surface area contributed by atoms with E-state index in [9.17, 15) is 4.79 Å². The lowest BCUT2D eigenvalue weighted by molar-refractivity contribution is -0.117. The van der Waals surface area contributed by atoms with E-state index in [-0.39, 0.29) is 11.8 Å². The fourth-order valence-corrected chi connectivity index (χ4v) is 4.80. The Kier molecular flexibility index (Phi) is 5.76. The highest BCUT2D eigenvalue weighted by atomic mass is 16.2. The molecule has 1 aromatic heterocycles. The zero-order valence-corrected chi connectivity index (χ0v) is 19.7. The molecular weight excluding hydrogens is 406 g/mol. The van der Waals surface area contributed by atoms with Gasteiger partial charge in [-0.2, -0.15) is 0 Å². The van der Waals surface area contributed by atoms with Gasteiger partial charge in [-0.1, -0.05) is 69.3 Å². The molecule has 1 amide bonds. The summed E-state index contributed by atoms with van der Waals surface area (Å²) < 4.78 is 2.31. The summed E-state index contributed by atoms with van der Waals surface area (Å²) in [7, 11) is 0. The second kappa shape index (κ2) is 8.86. The lowest BCUT2D eigenvalue weighted by Crippen LogP contribution is -2.24. The average molecular weight is 438 g/mol. The van der Waals surface area contributed by atoms with Crippen LogP contribution in [0.5, 0.6) is 0 Å². The van der Waals surface area contributed by atoms with E-state index in [0.717, 1.165) is 35.5 Å². The van der Waals surface area contributed by atoms with E-state index in [4.69, 9.17) is 4.98 Å². The predicted molar refractivity (Wildman–Crippen MR) is 135 cm³/mol. The smallest absolute Gasteiger partial charge is 0.227 e. The number of carbonyl (C=O) groups excluding carboxylic acids is 1. The number of benzene rings is 3. The van der Waals surface area contributed by atoms with E-state index in [1.54, 1.807) is 0 Å². The first-order valence-corrected chi connectivity index (χ1v) is 12.0. The first kappa shape index (κ1) is 21.4. The number of rotatable bonds is 6. The molecule has 0 radical (unpaired) electrons. The summed E-state index contributed by atoms with van der Waals surface area (Å²) in [4.78, 5) is 19.9. The van der Waals surface area contributed by atoms with Gasteiger partial charge in [0.1, 0.15) is 5.82 Å². The number of aryl methyl sites for hydroxylation is 1. The quantitative estimate of drug-likeness (QED) is 0.355. The van der Waals surface area contributed by atoms with Crippen molar-refractivity contribution in [3.63, 3.8) is 0 Å². The van der Waals surface area contributed by atoms with Crippen LogP contribution < -0.4 is 4.90 Å². The summed E-state index contributed by atoms with van der Waals surface area (Å²) in [5.74, 6) is 1.77. The zero-order valence-electron chi connectivity index (χ0n) is 19.7. The van der Waals surface area contributed by atoms with Crippen molar-refractivity contribution in [2.45, 2.75) is 52.0 Å². The summed E-state index contributed by atoms with van der Waals surface area (Å²) >= 11 is 0. The maximum absolute atomic E-state index is 13.0. The second-order valence-corrected chi connectivity index (χ2v) is 9.37. The summed E-state index contributed by atoms with van der Waals surface area (Å²) in [6.07, 6.45) is 1.49. The van der Waals surface area contributed by atoms with Crippen molar-refractivity contribution in [3.8, 4) is 0 Å². The van der Waals surface area contributed by atoms with Crippen LogP contribution >= 0.6 is 0 Å². The average Bonchev–Trinajstić information content (AvgIpc) is 3.40. The molecule has 2 heterocycles. The van der Waals surface area contributed by atoms with Gasteiger partial charge in [-0.25, -0.2) is 4.98 Å². The molecule has 0 spiro atoms. The van der Waals surface area contributed by atoms with Crippen molar-refractivity contribution < 1.29 is 4.79 Å². The number of anilines is 1. The molecule has 3 aromatic carbocycles. The molecule has 1 aliphatic rings. The lowest BCUT2D eigenvalue weighted by Gasteiger charge is -2.18. The number of carbonyl (C=O) groups is 1. The van der Waals surface area contributed by atoms with Gasteiger partial charge in [0.15, 0.2) is 0 Å². The van der Waals surface area contributed by atoms with Gasteiger partial charge in [-0.05, 0) is 53.3 Å². The van der Waals surface area contributed by atoms with Gasteiger partial charge in [0.05, 0.1) is 11.0 Å². The van der Waals surface area contributed by atoms with Gasteiger partial charge in [0.2, 0.25) is 5.91 Å². The predicted octanol–water partition coefficient (Wildman–Crippen LogP) is 6.29. The van der Waals surface area contributed by atoms with Gasteiger partial charge in [0, 0.05) is 31.1 Å². The third-order valence-electron chi connectivity index (χ3n) is 6.82. The SMILES string of the molecule is CCc1ccc(N2CC(c3nc4ccccc4n3Cc3ccc(C(C)C)cc3)CC2=O)cc1. The highest BCUT2D eigenvalue weighted by Gasteiger charge is 2.34. The summed E-state index contributed by atoms with van der Waals surface area (Å²) in [6.45, 7) is 8.00. The molecule has 33 heavy (non-hydrogen) atoms. The minimum absolute atomic E-state index is 0.0747. The minimum Gasteiger partial charge on any atom is -0.323 e. The first-order chi connectivity index (χ1) is 16.0. The van der Waals surface area contributed by atoms with Crippen molar-refractivity contribution in [1.82, 2.24) is 9.55 Å². The van der Waals surface area contributed by atoms with Crippen LogP contribution in [0.15, 0.2) is 72.8 Å². The fraction of sp³-hybridized carbons (Fsp3) is 0.310. The standard InChI is InChI=1S/C29H31N3O/c1-4-21-11-15-25(16-12-21)31-19-24(17-28(31)33)29-30-26-7-5-6-8-27(26)32(29)18-22-9-13-23(14-10-22)20(2)3/h5-16,20,24H,4,17-19H2,1-3H3. The number of aromatic nitrogens is 2. The molecule has 0 aliphatic carbocycles. The molecule has 4 aromatic rings. The Morgan fingerprint density at radius 2 is 1.64 bits per heavy atom. The Labute approximate surface area is 195 Å². The van der Waals surface area contributed by atoms with E-state index >= 15 is 0 Å². The third kappa shape index (κ3) is 4.18. The van der Waals surface area contributed by atoms with Crippen molar-refractivity contribution in [2.24, 2.45) is 0 Å². The van der Waals surface area contributed by atoms with Gasteiger partial charge in [-0.3, -0.25) is 4.79 Å². The number of hydrogen-bond acceptors (Lipinski definition) is 2. The van der Waals surface area contributed by atoms with E-state index in [2.05, 4.69) is 92.1 Å². The van der Waals surface area contributed by atoms with Crippen molar-refractivity contribution in [3.05, 3.63) is 95.3 Å². The lowest BCUT2D eigenvalue weighted by atomic mass is 10.0. The number of fused-ring (bicyclic) bond motifs is 1. The molecule has 5 rings (SSSR count). The topological polar surface area (TPSA) is 38.1 Å². The molecule has 1 atom stereocenters. The Balaban J connectivity index is 1.47. The summed E-state index contributed by atoms with van der Waals surface area (Å²) in [5, 5.41) is 0. The molecular formula is C29H31N3O. The van der Waals surface area contributed by atoms with Crippen LogP contribution in [0.4, 0.5) is 5.69 Å². The van der Waals surface area contributed by atoms with Crippen LogP contribution in [-0.2, 0) is 17.8 Å². The maximum Gasteiger partial charge on any atom is 0.227 e. The highest BCUT2D eigenvalue weighted by Crippen LogP contribution is 2.34. The molecule has 1 aliphatic heterocycles. The molecule has 1 unspecified atom stereocenters. The highest BCUT2D eigenvalue weighted by molar-refractivity contribution is 5.96. The van der Waals surface area contributed by atoms with Crippen LogP contribution in [0, 0.1) is 0 Å². The van der Waals surface area contributed by atoms with E-state index < -0.39 is 0 Å². The molecule has 0 saturated carbocycles. The second-order valence-electron chi connectivity index (χ2n) is 9.37. The number of para-hydroxylation sites is 2. The summed E-state index contributed by atoms with van der Waals surface area (Å²) in [6, 6.07) is 25.5. The molecule has 0 bridgehead atoms. The van der Waals surface area contributed by atoms with Crippen LogP contribution in [0.2, 0.25) is 0 Å². The summed E-state index contributed by atoms with van der Waals surface area (Å²) in [5.41, 5.74) is 6.97. The minimum atomic E-state index is 0.0747. The third-order valence-corrected chi connectivity index (χ3v) is 6.82. The molecule has 1 saturated heterocycles. The van der Waals surface area contributed by atoms with Crippen LogP contribution in [0.25, 0.3) is 11.0 Å². The molecule has 1 fully saturated rings. The number of hydrogen-bond donors (Lipinski definition) is 0. The van der Waals surface area contributed by atoms with E-state index in [1.807, 2.05) is 11.0 Å². The van der Waals surface area contributed by atoms with Crippen LogP contribution in [0.1, 0.15) is 61.5 Å². The molecule has 0 N–H and O–H groups in total. The van der Waals surface area contributed by atoms with Gasteiger partial charge in [0.25, 0.3) is 0 Å². The maximum atomic E-state index is 13.0. The molecule has 4 nitrogen and oxygen atoms in total. The van der Waals surface area contributed by atoms with Gasteiger partial charge in [-0.15, -0.1) is 0 Å². The van der Waals surface area contributed by atoms with Gasteiger partial charge < -0.3 is 9.47 Å². The normalized spacial score (nSPS) is 16.3. The Morgan fingerprint density at radius 1 is 0.939 bits per heavy atom. The fourth-order valence-electron chi connectivity index (χ4n) is 4.80. The Bertz CT molecular complexity index is 1270. The van der Waals surface area contributed by atoms with Crippen molar-refractivity contribution in [2.75, 3.05) is 11.4 Å². The van der Waals surface area contributed by atoms with Crippen molar-refractivity contribution >= 4 is 22.6 Å². The molecule has 168 valence electrons. The zero-order chi connectivity index (χ0) is 22.9. The number of amides is 1. The first-order valence-electron chi connectivity index (χ1n) is 12.0. The number of imidazole rings is 1. The van der Waals surface area contributed by atoms with Gasteiger partial charge >= 0.3 is 0 Å². The van der Waals surface area contributed by atoms with Crippen molar-refractivity contribution in [1.29, 1.82) is 0 Å². The molecule has 4 heteroatoms. The van der Waals surface area contributed by atoms with E-state index in [1.165, 1.54) is 16.7 Å². The van der Waals surface area contributed by atoms with Crippen LogP contribution in [-0.4, -0.2) is 22.0 Å². The van der Waals surface area contributed by atoms with Crippen LogP contribution in [0.3, 0.4) is 0 Å². The Hall–Kier alpha value is -3.40. The van der Waals surface area contributed by atoms with E-state index in [0.29, 0.717) is 18.9 Å². The largest absolute Gasteiger partial charge is 0.323 e. The monoisotopic (exact) mass is 437 g/mol.